The number of rotatable bonds is 7. The Morgan fingerprint density at radius 3 is 2.33 bits per heavy atom. The molecule has 1 aromatic heterocycles. The Morgan fingerprint density at radius 2 is 1.67 bits per heavy atom. The van der Waals surface area contributed by atoms with E-state index in [4.69, 9.17) is 45.4 Å². The van der Waals surface area contributed by atoms with E-state index in [1.807, 2.05) is 0 Å². The molecule has 0 atom stereocenters. The lowest BCUT2D eigenvalue weighted by atomic mass is 10.1. The van der Waals surface area contributed by atoms with Crippen molar-refractivity contribution in [2.75, 3.05) is 0 Å². The molecule has 3 aromatic rings. The molecule has 0 spiro atoms. The van der Waals surface area contributed by atoms with Crippen molar-refractivity contribution < 1.29 is 14.4 Å². The Hall–Kier alpha value is -2.51. The lowest BCUT2D eigenvalue weighted by Crippen LogP contribution is -2.26. The maximum atomic E-state index is 12.6. The van der Waals surface area contributed by atoms with E-state index >= 15 is 0 Å². The first-order valence-corrected chi connectivity index (χ1v) is 9.99. The third-order valence-electron chi connectivity index (χ3n) is 4.43. The molecule has 0 saturated heterocycles. The quantitative estimate of drug-likeness (QED) is 0.511. The molecule has 0 radical (unpaired) electrons. The minimum absolute atomic E-state index is 0.0162. The van der Waals surface area contributed by atoms with Crippen molar-refractivity contribution >= 4 is 40.8 Å². The largest absolute Gasteiger partial charge is 0.486 e. The average Bonchev–Trinajstić information content (AvgIpc) is 2.75. The molecule has 0 unspecified atom stereocenters. The smallest absolute Gasteiger partial charge is 0.356 e. The lowest BCUT2D eigenvalue weighted by Gasteiger charge is -2.16. The number of para-hydroxylation sites is 1. The van der Waals surface area contributed by atoms with Crippen molar-refractivity contribution in [2.24, 2.45) is 5.90 Å². The van der Waals surface area contributed by atoms with Crippen LogP contribution in [0.1, 0.15) is 21.6 Å². The number of ether oxygens (including phenoxy) is 1. The van der Waals surface area contributed by atoms with Gasteiger partial charge in [0.15, 0.2) is 0 Å². The second-order valence-corrected chi connectivity index (χ2v) is 7.54. The molecule has 0 aliphatic heterocycles. The fraction of sp³-hybridized carbons (Fsp3) is 0.143. The van der Waals surface area contributed by atoms with Crippen LogP contribution in [0, 0.1) is 0 Å². The van der Waals surface area contributed by atoms with Gasteiger partial charge in [-0.25, -0.2) is 4.79 Å². The van der Waals surface area contributed by atoms with Gasteiger partial charge in [0.05, 0.1) is 21.3 Å². The van der Waals surface area contributed by atoms with Crippen molar-refractivity contribution in [3.05, 3.63) is 96.8 Å². The predicted molar refractivity (Wildman–Crippen MR) is 116 cm³/mol. The van der Waals surface area contributed by atoms with Gasteiger partial charge in [-0.05, 0) is 42.3 Å². The van der Waals surface area contributed by atoms with Crippen LogP contribution in [0.15, 0.2) is 59.4 Å². The molecule has 0 amide bonds. The summed E-state index contributed by atoms with van der Waals surface area (Å²) < 4.78 is 7.24. The van der Waals surface area contributed by atoms with Crippen LogP contribution in [0.2, 0.25) is 15.1 Å². The highest BCUT2D eigenvalue weighted by Gasteiger charge is 2.15. The van der Waals surface area contributed by atoms with E-state index in [0.717, 1.165) is 5.56 Å². The van der Waals surface area contributed by atoms with E-state index in [0.29, 0.717) is 40.0 Å². The SMILES string of the molecule is NOC(=O)c1ccc(CCn2c(COc3ccccc3Cl)c(Cl)cc(Cl)c2=O)cc1. The van der Waals surface area contributed by atoms with E-state index in [-0.39, 0.29) is 17.2 Å². The van der Waals surface area contributed by atoms with Gasteiger partial charge < -0.3 is 14.1 Å². The molecular weight excluding hydrogens is 451 g/mol. The van der Waals surface area contributed by atoms with Crippen molar-refractivity contribution in [3.8, 4) is 5.75 Å². The van der Waals surface area contributed by atoms with Crippen molar-refractivity contribution in [3.63, 3.8) is 0 Å². The van der Waals surface area contributed by atoms with Crippen LogP contribution >= 0.6 is 34.8 Å². The number of nitrogens with zero attached hydrogens (tertiary/aromatic N) is 1. The van der Waals surface area contributed by atoms with Crippen molar-refractivity contribution in [2.45, 2.75) is 19.6 Å². The fourth-order valence-corrected chi connectivity index (χ4v) is 3.57. The summed E-state index contributed by atoms with van der Waals surface area (Å²) in [5.74, 6) is 4.74. The fourth-order valence-electron chi connectivity index (χ4n) is 2.84. The number of nitrogens with two attached hydrogens (primary N) is 1. The van der Waals surface area contributed by atoms with Gasteiger partial charge in [0.2, 0.25) is 0 Å². The number of halogens is 3. The number of carbonyl (C=O) groups excluding carboxylic acids is 1. The molecule has 0 aliphatic rings. The number of pyridine rings is 1. The average molecular weight is 468 g/mol. The monoisotopic (exact) mass is 466 g/mol. The molecular formula is C21H17Cl3N2O4. The minimum Gasteiger partial charge on any atom is -0.486 e. The van der Waals surface area contributed by atoms with Gasteiger partial charge in [0.1, 0.15) is 17.4 Å². The molecule has 9 heteroatoms. The van der Waals surface area contributed by atoms with Crippen molar-refractivity contribution in [1.82, 2.24) is 4.57 Å². The first kappa shape index (κ1) is 22.2. The summed E-state index contributed by atoms with van der Waals surface area (Å²) in [5, 5.41) is 0.780. The number of aryl methyl sites for hydroxylation is 1. The van der Waals surface area contributed by atoms with Crippen LogP contribution in [0.25, 0.3) is 0 Å². The summed E-state index contributed by atoms with van der Waals surface area (Å²) in [7, 11) is 0. The highest BCUT2D eigenvalue weighted by atomic mass is 35.5. The van der Waals surface area contributed by atoms with Gasteiger partial charge in [0.25, 0.3) is 5.56 Å². The minimum atomic E-state index is -0.626. The molecule has 30 heavy (non-hydrogen) atoms. The standard InChI is InChI=1S/C21H17Cl3N2O4/c22-15-3-1-2-4-19(15)29-12-18-16(23)11-17(24)20(27)26(18)10-9-13-5-7-14(8-6-13)21(28)30-25/h1-8,11H,9-10,12,25H2. The van der Waals surface area contributed by atoms with Crippen LogP contribution in [0.4, 0.5) is 0 Å². The Balaban J connectivity index is 1.82. The third kappa shape index (κ3) is 5.15. The van der Waals surface area contributed by atoms with E-state index in [9.17, 15) is 9.59 Å². The van der Waals surface area contributed by atoms with Gasteiger partial charge in [-0.3, -0.25) is 4.79 Å². The zero-order valence-corrected chi connectivity index (χ0v) is 17.9. The summed E-state index contributed by atoms with van der Waals surface area (Å²) >= 11 is 18.5. The molecule has 0 aliphatic carbocycles. The van der Waals surface area contributed by atoms with Gasteiger partial charge in [-0.15, -0.1) is 0 Å². The van der Waals surface area contributed by atoms with E-state index in [2.05, 4.69) is 4.84 Å². The Bertz CT molecular complexity index is 1110. The van der Waals surface area contributed by atoms with Crippen LogP contribution in [0.3, 0.4) is 0 Å². The van der Waals surface area contributed by atoms with E-state index in [1.165, 1.54) is 10.6 Å². The molecule has 3 rings (SSSR count). The maximum Gasteiger partial charge on any atom is 0.356 e. The summed E-state index contributed by atoms with van der Waals surface area (Å²) in [5.41, 5.74) is 1.33. The summed E-state index contributed by atoms with van der Waals surface area (Å²) in [6.45, 7) is 0.345. The highest BCUT2D eigenvalue weighted by molar-refractivity contribution is 6.34. The Morgan fingerprint density at radius 1 is 0.967 bits per heavy atom. The van der Waals surface area contributed by atoms with E-state index < -0.39 is 5.97 Å². The Kier molecular flexibility index (Phi) is 7.39. The van der Waals surface area contributed by atoms with Gasteiger partial charge in [-0.1, -0.05) is 59.1 Å². The molecule has 156 valence electrons. The van der Waals surface area contributed by atoms with Gasteiger partial charge >= 0.3 is 5.97 Å². The normalized spacial score (nSPS) is 10.7. The number of carbonyl (C=O) groups is 1. The topological polar surface area (TPSA) is 83.6 Å². The number of hydrogen-bond acceptors (Lipinski definition) is 5. The highest BCUT2D eigenvalue weighted by Crippen LogP contribution is 2.26. The molecule has 2 N–H and O–H groups in total. The van der Waals surface area contributed by atoms with Crippen molar-refractivity contribution in [1.29, 1.82) is 0 Å². The molecule has 0 fully saturated rings. The summed E-state index contributed by atoms with van der Waals surface area (Å²) in [6.07, 6.45) is 0.494. The Labute approximate surface area is 187 Å². The zero-order valence-electron chi connectivity index (χ0n) is 15.6. The van der Waals surface area contributed by atoms with Gasteiger partial charge in [0, 0.05) is 6.54 Å². The van der Waals surface area contributed by atoms with Gasteiger partial charge in [-0.2, -0.15) is 5.90 Å². The third-order valence-corrected chi connectivity index (χ3v) is 5.34. The van der Waals surface area contributed by atoms with Crippen LogP contribution < -0.4 is 16.2 Å². The van der Waals surface area contributed by atoms with Crippen LogP contribution in [-0.2, 0) is 24.4 Å². The number of hydrogen-bond donors (Lipinski definition) is 1. The lowest BCUT2D eigenvalue weighted by molar-refractivity contribution is 0.0503. The zero-order chi connectivity index (χ0) is 21.7. The number of aromatic nitrogens is 1. The molecule has 1 heterocycles. The first-order chi connectivity index (χ1) is 14.4. The maximum absolute atomic E-state index is 12.6. The first-order valence-electron chi connectivity index (χ1n) is 8.85. The second kappa shape index (κ2) is 10.00. The molecule has 6 nitrogen and oxygen atoms in total. The van der Waals surface area contributed by atoms with Crippen LogP contribution in [-0.4, -0.2) is 10.5 Å². The molecule has 2 aromatic carbocycles. The summed E-state index contributed by atoms with van der Waals surface area (Å²) in [6, 6.07) is 15.1. The second-order valence-electron chi connectivity index (χ2n) is 6.32. The predicted octanol–water partition coefficient (Wildman–Crippen LogP) is 4.66. The van der Waals surface area contributed by atoms with E-state index in [1.54, 1.807) is 48.5 Å². The molecule has 0 saturated carbocycles. The summed E-state index contributed by atoms with van der Waals surface area (Å²) in [4.78, 5) is 28.3. The molecule has 0 bridgehead atoms. The van der Waals surface area contributed by atoms with Crippen LogP contribution in [0.5, 0.6) is 5.75 Å². The number of benzene rings is 2.